The minimum absolute atomic E-state index is 0.0176. The van der Waals surface area contributed by atoms with Crippen LogP contribution in [0.1, 0.15) is 41.8 Å². The van der Waals surface area contributed by atoms with Crippen LogP contribution < -0.4 is 5.56 Å². The van der Waals surface area contributed by atoms with Crippen LogP contribution in [0.3, 0.4) is 0 Å². The van der Waals surface area contributed by atoms with Crippen molar-refractivity contribution in [2.75, 3.05) is 0 Å². The van der Waals surface area contributed by atoms with Crippen LogP contribution in [-0.2, 0) is 18.6 Å². The van der Waals surface area contributed by atoms with Crippen LogP contribution in [0.2, 0.25) is 5.02 Å². The lowest BCUT2D eigenvalue weighted by Crippen LogP contribution is -2.21. The summed E-state index contributed by atoms with van der Waals surface area (Å²) in [4.78, 5) is 20.8. The number of fused-ring (bicyclic) bond motifs is 1. The Hall–Kier alpha value is -2.08. The first-order valence-electron chi connectivity index (χ1n) is 10.5. The molecule has 2 heterocycles. The number of hydrogen-bond donors (Lipinski definition) is 0. The molecule has 0 fully saturated rings. The standard InChI is InChI=1S/C25H25ClN2OS2/c1-4-6-21-16(3)22-23(31-21)27-25(30-15-18-7-11-19(26)12-8-18)28(24(22)29)20-13-9-17(5-2)10-14-20/h7-14H,4-6,15H2,1-3H3. The highest BCUT2D eigenvalue weighted by Gasteiger charge is 2.19. The van der Waals surface area contributed by atoms with Crippen molar-refractivity contribution in [3.63, 3.8) is 0 Å². The summed E-state index contributed by atoms with van der Waals surface area (Å²) in [6.07, 6.45) is 3.00. The van der Waals surface area contributed by atoms with Crippen LogP contribution in [0.4, 0.5) is 0 Å². The molecule has 4 aromatic rings. The molecule has 0 saturated carbocycles. The van der Waals surface area contributed by atoms with Gasteiger partial charge >= 0.3 is 0 Å². The van der Waals surface area contributed by atoms with Gasteiger partial charge in [0.25, 0.3) is 5.56 Å². The zero-order chi connectivity index (χ0) is 22.0. The fraction of sp³-hybridized carbons (Fsp3) is 0.280. The summed E-state index contributed by atoms with van der Waals surface area (Å²) >= 11 is 9.26. The van der Waals surface area contributed by atoms with E-state index in [1.807, 2.05) is 36.4 Å². The smallest absolute Gasteiger partial charge is 0.267 e. The Kier molecular flexibility index (Phi) is 6.85. The molecule has 0 aliphatic heterocycles. The third-order valence-corrected chi connectivity index (χ3v) is 7.90. The van der Waals surface area contributed by atoms with Gasteiger partial charge in [-0.05, 0) is 60.7 Å². The molecule has 0 radical (unpaired) electrons. The Morgan fingerprint density at radius 1 is 1.03 bits per heavy atom. The largest absolute Gasteiger partial charge is 0.268 e. The summed E-state index contributed by atoms with van der Waals surface area (Å²) in [5.74, 6) is 0.717. The van der Waals surface area contributed by atoms with Crippen molar-refractivity contribution >= 4 is 44.9 Å². The van der Waals surface area contributed by atoms with Gasteiger partial charge < -0.3 is 0 Å². The van der Waals surface area contributed by atoms with E-state index in [0.29, 0.717) is 5.75 Å². The molecule has 0 spiro atoms. The number of rotatable bonds is 7. The van der Waals surface area contributed by atoms with Crippen LogP contribution >= 0.6 is 34.7 Å². The molecule has 4 rings (SSSR count). The number of hydrogen-bond acceptors (Lipinski definition) is 4. The highest BCUT2D eigenvalue weighted by Crippen LogP contribution is 2.32. The SMILES string of the molecule is CCCc1sc2nc(SCc3ccc(Cl)cc3)n(-c3ccc(CC)cc3)c(=O)c2c1C. The summed E-state index contributed by atoms with van der Waals surface area (Å²) in [6, 6.07) is 16.0. The van der Waals surface area contributed by atoms with Crippen LogP contribution in [0, 0.1) is 6.92 Å². The van der Waals surface area contributed by atoms with Crippen LogP contribution in [-0.4, -0.2) is 9.55 Å². The van der Waals surface area contributed by atoms with Gasteiger partial charge in [-0.1, -0.05) is 67.9 Å². The van der Waals surface area contributed by atoms with E-state index >= 15 is 0 Å². The van der Waals surface area contributed by atoms with E-state index in [1.54, 1.807) is 27.7 Å². The van der Waals surface area contributed by atoms with Crippen molar-refractivity contribution in [1.29, 1.82) is 0 Å². The van der Waals surface area contributed by atoms with Crippen LogP contribution in [0.5, 0.6) is 0 Å². The van der Waals surface area contributed by atoms with E-state index in [1.165, 1.54) is 10.4 Å². The lowest BCUT2D eigenvalue weighted by atomic mass is 10.1. The number of aromatic nitrogens is 2. The molecule has 2 aromatic carbocycles. The first-order chi connectivity index (χ1) is 15.0. The fourth-order valence-corrected chi connectivity index (χ4v) is 6.02. The van der Waals surface area contributed by atoms with Crippen LogP contribution in [0.15, 0.2) is 58.5 Å². The number of nitrogens with zero attached hydrogens (tertiary/aromatic N) is 2. The second-order valence-corrected chi connectivity index (χ2v) is 10.0. The maximum absolute atomic E-state index is 13.7. The van der Waals surface area contributed by atoms with Crippen LogP contribution in [0.25, 0.3) is 15.9 Å². The van der Waals surface area contributed by atoms with Gasteiger partial charge in [0.15, 0.2) is 5.16 Å². The zero-order valence-electron chi connectivity index (χ0n) is 17.9. The Morgan fingerprint density at radius 3 is 2.35 bits per heavy atom. The van der Waals surface area contributed by atoms with Gasteiger partial charge in [0.2, 0.25) is 0 Å². The number of benzene rings is 2. The first kappa shape index (κ1) is 22.1. The molecule has 3 nitrogen and oxygen atoms in total. The normalized spacial score (nSPS) is 11.4. The molecule has 0 unspecified atom stereocenters. The molecule has 2 aromatic heterocycles. The van der Waals surface area contributed by atoms with E-state index in [4.69, 9.17) is 16.6 Å². The van der Waals surface area contributed by atoms with Gasteiger partial charge in [0.05, 0.1) is 11.1 Å². The Balaban J connectivity index is 1.84. The van der Waals surface area contributed by atoms with Gasteiger partial charge in [-0.3, -0.25) is 9.36 Å². The van der Waals surface area contributed by atoms with Gasteiger partial charge in [-0.15, -0.1) is 11.3 Å². The summed E-state index contributed by atoms with van der Waals surface area (Å²) in [5, 5.41) is 2.20. The van der Waals surface area contributed by atoms with Crippen molar-refractivity contribution in [2.24, 2.45) is 0 Å². The maximum Gasteiger partial charge on any atom is 0.267 e. The fourth-order valence-electron chi connectivity index (χ4n) is 3.61. The third-order valence-electron chi connectivity index (χ3n) is 5.39. The minimum atomic E-state index is 0.0176. The number of thioether (sulfide) groups is 1. The average molecular weight is 469 g/mol. The van der Waals surface area contributed by atoms with E-state index < -0.39 is 0 Å². The molecule has 0 bridgehead atoms. The van der Waals surface area contributed by atoms with Gasteiger partial charge in [-0.2, -0.15) is 0 Å². The molecular weight excluding hydrogens is 444 g/mol. The second kappa shape index (κ2) is 9.60. The summed E-state index contributed by atoms with van der Waals surface area (Å²) < 4.78 is 1.78. The lowest BCUT2D eigenvalue weighted by molar-refractivity contribution is 0.821. The van der Waals surface area contributed by atoms with Gasteiger partial charge in [0, 0.05) is 15.7 Å². The quantitative estimate of drug-likeness (QED) is 0.212. The Labute approximate surface area is 196 Å². The number of halogens is 1. The second-order valence-electron chi connectivity index (χ2n) is 7.55. The van der Waals surface area contributed by atoms with E-state index in [2.05, 4.69) is 32.9 Å². The Bertz CT molecular complexity index is 1260. The third kappa shape index (κ3) is 4.59. The van der Waals surface area contributed by atoms with Crippen molar-refractivity contribution in [3.8, 4) is 5.69 Å². The molecule has 0 N–H and O–H groups in total. The van der Waals surface area contributed by atoms with Gasteiger partial charge in [-0.25, -0.2) is 4.98 Å². The van der Waals surface area contributed by atoms with E-state index in [9.17, 15) is 4.79 Å². The minimum Gasteiger partial charge on any atom is -0.268 e. The van der Waals surface area contributed by atoms with Crippen molar-refractivity contribution < 1.29 is 0 Å². The molecule has 6 heteroatoms. The van der Waals surface area contributed by atoms with E-state index in [0.717, 1.165) is 56.5 Å². The molecule has 0 aliphatic rings. The molecular formula is C25H25ClN2OS2. The first-order valence-corrected chi connectivity index (χ1v) is 12.7. The number of aryl methyl sites for hydroxylation is 3. The summed E-state index contributed by atoms with van der Waals surface area (Å²) in [6.45, 7) is 6.35. The molecule has 0 aliphatic carbocycles. The monoisotopic (exact) mass is 468 g/mol. The summed E-state index contributed by atoms with van der Waals surface area (Å²) in [5.41, 5.74) is 4.35. The topological polar surface area (TPSA) is 34.9 Å². The predicted octanol–water partition coefficient (Wildman–Crippen LogP) is 7.22. The molecule has 0 atom stereocenters. The van der Waals surface area contributed by atoms with Crippen molar-refractivity contribution in [2.45, 2.75) is 50.9 Å². The van der Waals surface area contributed by atoms with E-state index in [-0.39, 0.29) is 5.56 Å². The maximum atomic E-state index is 13.7. The average Bonchev–Trinajstić information content (AvgIpc) is 3.09. The highest BCUT2D eigenvalue weighted by atomic mass is 35.5. The molecule has 31 heavy (non-hydrogen) atoms. The number of thiophene rings is 1. The lowest BCUT2D eigenvalue weighted by Gasteiger charge is -2.13. The molecule has 0 amide bonds. The van der Waals surface area contributed by atoms with Gasteiger partial charge in [0.1, 0.15) is 4.83 Å². The summed E-state index contributed by atoms with van der Waals surface area (Å²) in [7, 11) is 0. The van der Waals surface area contributed by atoms with Crippen molar-refractivity contribution in [1.82, 2.24) is 9.55 Å². The van der Waals surface area contributed by atoms with Crippen molar-refractivity contribution in [3.05, 3.63) is 85.5 Å². The zero-order valence-corrected chi connectivity index (χ0v) is 20.3. The Morgan fingerprint density at radius 2 is 1.71 bits per heavy atom. The molecule has 0 saturated heterocycles. The predicted molar refractivity (Wildman–Crippen MR) is 134 cm³/mol. The highest BCUT2D eigenvalue weighted by molar-refractivity contribution is 7.98. The molecule has 160 valence electrons.